The van der Waals surface area contributed by atoms with E-state index in [4.69, 9.17) is 9.15 Å². The molecule has 2 aromatic carbocycles. The fourth-order valence-electron chi connectivity index (χ4n) is 2.54. The van der Waals surface area contributed by atoms with Crippen molar-refractivity contribution < 1.29 is 18.3 Å². The Morgan fingerprint density at radius 1 is 1.20 bits per heavy atom. The summed E-state index contributed by atoms with van der Waals surface area (Å²) in [7, 11) is 1.46. The maximum atomic E-state index is 13.3. The zero-order chi connectivity index (χ0) is 17.8. The lowest BCUT2D eigenvalue weighted by atomic mass is 10.1. The summed E-state index contributed by atoms with van der Waals surface area (Å²) in [5, 5.41) is 3.28. The molecule has 0 radical (unpaired) electrons. The summed E-state index contributed by atoms with van der Waals surface area (Å²) in [5.74, 6) is -0.959. The summed E-state index contributed by atoms with van der Waals surface area (Å²) < 4.78 is 23.8. The number of fused-ring (bicyclic) bond motifs is 1. The lowest BCUT2D eigenvalue weighted by Crippen LogP contribution is -2.32. The molecule has 1 aromatic heterocycles. The molecular formula is C19H16FNO4. The summed E-state index contributed by atoms with van der Waals surface area (Å²) in [4.78, 5) is 24.3. The average molecular weight is 341 g/mol. The highest BCUT2D eigenvalue weighted by atomic mass is 19.1. The molecule has 1 amide bonds. The lowest BCUT2D eigenvalue weighted by molar-refractivity contribution is 0.0824. The minimum absolute atomic E-state index is 0.0883. The molecule has 1 N–H and O–H groups in total. The van der Waals surface area contributed by atoms with Crippen LogP contribution in [0.25, 0.3) is 11.0 Å². The minimum Gasteiger partial charge on any atom is -0.422 e. The van der Waals surface area contributed by atoms with Crippen LogP contribution in [0.1, 0.15) is 22.0 Å². The zero-order valence-electron chi connectivity index (χ0n) is 13.5. The topological polar surface area (TPSA) is 68.5 Å². The summed E-state index contributed by atoms with van der Waals surface area (Å²) in [5.41, 5.74) is 0.204. The highest BCUT2D eigenvalue weighted by Gasteiger charge is 2.17. The van der Waals surface area contributed by atoms with Crippen LogP contribution in [0.5, 0.6) is 0 Å². The molecule has 1 atom stereocenters. The second-order valence-corrected chi connectivity index (χ2v) is 5.47. The van der Waals surface area contributed by atoms with Gasteiger partial charge < -0.3 is 14.5 Å². The first-order valence-corrected chi connectivity index (χ1v) is 7.68. The van der Waals surface area contributed by atoms with Gasteiger partial charge in [-0.3, -0.25) is 4.79 Å². The van der Waals surface area contributed by atoms with Gasteiger partial charge in [0.1, 0.15) is 17.0 Å². The van der Waals surface area contributed by atoms with Gasteiger partial charge in [0.15, 0.2) is 0 Å². The molecule has 0 bridgehead atoms. The van der Waals surface area contributed by atoms with Gasteiger partial charge in [0.25, 0.3) is 5.91 Å². The number of carbonyl (C=O) groups excluding carboxylic acids is 1. The van der Waals surface area contributed by atoms with Crippen molar-refractivity contribution >= 4 is 16.9 Å². The average Bonchev–Trinajstić information content (AvgIpc) is 2.61. The number of nitrogens with one attached hydrogen (secondary N) is 1. The number of amides is 1. The molecule has 25 heavy (non-hydrogen) atoms. The quantitative estimate of drug-likeness (QED) is 0.724. The van der Waals surface area contributed by atoms with Crippen molar-refractivity contribution in [2.45, 2.75) is 6.10 Å². The number of halogens is 1. The van der Waals surface area contributed by atoms with E-state index < -0.39 is 17.6 Å². The standard InChI is InChI=1S/C19H16FNO4/c1-24-17(12-6-4-7-14(20)9-12)11-21-18(22)15-10-13-5-2-3-8-16(13)25-19(15)23/h2-10,17H,11H2,1H3,(H,21,22). The molecule has 0 spiro atoms. The van der Waals surface area contributed by atoms with Gasteiger partial charge in [-0.15, -0.1) is 0 Å². The first-order chi connectivity index (χ1) is 12.1. The Morgan fingerprint density at radius 3 is 2.76 bits per heavy atom. The Labute approximate surface area is 143 Å². The second kappa shape index (κ2) is 7.27. The molecule has 3 rings (SSSR count). The van der Waals surface area contributed by atoms with Crippen LogP contribution in [-0.2, 0) is 4.74 Å². The van der Waals surface area contributed by atoms with Crippen LogP contribution >= 0.6 is 0 Å². The number of methoxy groups -OCH3 is 1. The van der Waals surface area contributed by atoms with Gasteiger partial charge >= 0.3 is 5.63 Å². The van der Waals surface area contributed by atoms with Crippen LogP contribution in [0.15, 0.2) is 63.8 Å². The van der Waals surface area contributed by atoms with Gasteiger partial charge in [0.2, 0.25) is 0 Å². The number of ether oxygens (including phenoxy) is 1. The predicted octanol–water partition coefficient (Wildman–Crippen LogP) is 3.05. The largest absolute Gasteiger partial charge is 0.422 e. The molecule has 0 saturated heterocycles. The zero-order valence-corrected chi connectivity index (χ0v) is 13.5. The number of hydrogen-bond acceptors (Lipinski definition) is 4. The third-order valence-corrected chi connectivity index (χ3v) is 3.84. The summed E-state index contributed by atoms with van der Waals surface area (Å²) in [6, 6.07) is 14.4. The van der Waals surface area contributed by atoms with Crippen LogP contribution in [0.3, 0.4) is 0 Å². The molecule has 0 aliphatic carbocycles. The van der Waals surface area contributed by atoms with E-state index in [1.54, 1.807) is 36.4 Å². The van der Waals surface area contributed by atoms with Gasteiger partial charge in [-0.2, -0.15) is 0 Å². The van der Waals surface area contributed by atoms with Crippen molar-refractivity contribution in [1.29, 1.82) is 0 Å². The van der Waals surface area contributed by atoms with Gasteiger partial charge in [-0.05, 0) is 29.8 Å². The van der Waals surface area contributed by atoms with Crippen LogP contribution in [0.4, 0.5) is 4.39 Å². The van der Waals surface area contributed by atoms with Gasteiger partial charge in [-0.1, -0.05) is 30.3 Å². The van der Waals surface area contributed by atoms with Crippen molar-refractivity contribution in [3.05, 3.63) is 82.0 Å². The second-order valence-electron chi connectivity index (χ2n) is 5.47. The Balaban J connectivity index is 1.78. The molecule has 0 saturated carbocycles. The summed E-state index contributed by atoms with van der Waals surface area (Å²) in [6.07, 6.45) is -0.535. The lowest BCUT2D eigenvalue weighted by Gasteiger charge is -2.16. The fourth-order valence-corrected chi connectivity index (χ4v) is 2.54. The van der Waals surface area contributed by atoms with Crippen molar-refractivity contribution in [2.75, 3.05) is 13.7 Å². The van der Waals surface area contributed by atoms with Gasteiger partial charge in [0.05, 0.1) is 6.10 Å². The molecule has 0 aliphatic rings. The highest BCUT2D eigenvalue weighted by Crippen LogP contribution is 2.17. The van der Waals surface area contributed by atoms with Crippen LogP contribution in [-0.4, -0.2) is 19.6 Å². The first-order valence-electron chi connectivity index (χ1n) is 7.68. The minimum atomic E-state index is -0.712. The van der Waals surface area contributed by atoms with E-state index in [0.29, 0.717) is 16.5 Å². The van der Waals surface area contributed by atoms with Crippen LogP contribution in [0.2, 0.25) is 0 Å². The molecular weight excluding hydrogens is 325 g/mol. The molecule has 6 heteroatoms. The third kappa shape index (κ3) is 3.75. The molecule has 1 unspecified atom stereocenters. The van der Waals surface area contributed by atoms with E-state index in [0.717, 1.165) is 0 Å². The number of benzene rings is 2. The number of carbonyl (C=O) groups is 1. The van der Waals surface area contributed by atoms with Gasteiger partial charge in [-0.25, -0.2) is 9.18 Å². The molecule has 128 valence electrons. The highest BCUT2D eigenvalue weighted by molar-refractivity contribution is 5.96. The Bertz CT molecular complexity index is 967. The molecule has 1 heterocycles. The van der Waals surface area contributed by atoms with Crippen LogP contribution < -0.4 is 10.9 Å². The fraction of sp³-hybridized carbons (Fsp3) is 0.158. The Kier molecular flexibility index (Phi) is 4.90. The Hall–Kier alpha value is -2.99. The molecule has 5 nitrogen and oxygen atoms in total. The van der Waals surface area contributed by atoms with E-state index in [2.05, 4.69) is 5.32 Å². The van der Waals surface area contributed by atoms with E-state index in [1.165, 1.54) is 25.3 Å². The third-order valence-electron chi connectivity index (χ3n) is 3.84. The summed E-state index contributed by atoms with van der Waals surface area (Å²) >= 11 is 0. The van der Waals surface area contributed by atoms with Crippen molar-refractivity contribution in [1.82, 2.24) is 5.32 Å². The van der Waals surface area contributed by atoms with E-state index in [9.17, 15) is 14.0 Å². The van der Waals surface area contributed by atoms with Crippen molar-refractivity contribution in [3.63, 3.8) is 0 Å². The maximum Gasteiger partial charge on any atom is 0.349 e. The first kappa shape index (κ1) is 16.9. The molecule has 0 aliphatic heterocycles. The van der Waals surface area contributed by atoms with Crippen molar-refractivity contribution in [2.24, 2.45) is 0 Å². The molecule has 3 aromatic rings. The van der Waals surface area contributed by atoms with Gasteiger partial charge in [0, 0.05) is 19.0 Å². The monoisotopic (exact) mass is 341 g/mol. The smallest absolute Gasteiger partial charge is 0.349 e. The van der Waals surface area contributed by atoms with Crippen LogP contribution in [0, 0.1) is 5.82 Å². The normalized spacial score (nSPS) is 12.1. The summed E-state index contributed by atoms with van der Waals surface area (Å²) in [6.45, 7) is 0.0883. The number of hydrogen-bond donors (Lipinski definition) is 1. The molecule has 0 fully saturated rings. The Morgan fingerprint density at radius 2 is 2.00 bits per heavy atom. The number of para-hydroxylation sites is 1. The SMILES string of the molecule is COC(CNC(=O)c1cc2ccccc2oc1=O)c1cccc(F)c1. The predicted molar refractivity (Wildman–Crippen MR) is 91.0 cm³/mol. The van der Waals surface area contributed by atoms with E-state index >= 15 is 0 Å². The van der Waals surface area contributed by atoms with E-state index in [1.807, 2.05) is 0 Å². The van der Waals surface area contributed by atoms with Crippen molar-refractivity contribution in [3.8, 4) is 0 Å². The van der Waals surface area contributed by atoms with E-state index in [-0.39, 0.29) is 17.9 Å². The number of rotatable bonds is 5. The maximum absolute atomic E-state index is 13.3.